The normalized spacial score (nSPS) is 17.8. The number of carbonyl (C=O) groups is 1. The third-order valence-corrected chi connectivity index (χ3v) is 9.70. The fraction of sp³-hybridized carbons (Fsp3) is 0.440. The molecule has 0 spiro atoms. The standard InChI is InChI=1S/C25H31N5O3S2/c1-19-4-9-22-23(18-19)34-25(27-22)29-16-14-28(15-17-29)13-10-26-24(31)20-5-7-21(8-6-20)35(32,33)30-11-2-3-12-30/h4-9,18H,2-3,10-17H2,1H3,(H,26,31). The second kappa shape index (κ2) is 10.2. The number of amides is 1. The number of hydrogen-bond acceptors (Lipinski definition) is 7. The molecule has 2 aliphatic rings. The summed E-state index contributed by atoms with van der Waals surface area (Å²) in [4.78, 5) is 22.3. The van der Waals surface area contributed by atoms with E-state index in [1.54, 1.807) is 23.5 Å². The van der Waals surface area contributed by atoms with E-state index in [0.29, 0.717) is 25.2 Å². The Morgan fingerprint density at radius 2 is 1.71 bits per heavy atom. The molecule has 2 saturated heterocycles. The Labute approximate surface area is 210 Å². The number of piperazine rings is 1. The maximum absolute atomic E-state index is 12.6. The number of nitrogens with zero attached hydrogens (tertiary/aromatic N) is 4. The van der Waals surface area contributed by atoms with E-state index < -0.39 is 10.0 Å². The molecule has 2 aliphatic heterocycles. The van der Waals surface area contributed by atoms with E-state index in [2.05, 4.69) is 40.2 Å². The smallest absolute Gasteiger partial charge is 0.251 e. The average molecular weight is 514 g/mol. The highest BCUT2D eigenvalue weighted by Crippen LogP contribution is 2.30. The first-order valence-corrected chi connectivity index (χ1v) is 14.4. The summed E-state index contributed by atoms with van der Waals surface area (Å²) in [5.74, 6) is -0.182. The van der Waals surface area contributed by atoms with Gasteiger partial charge in [-0.15, -0.1) is 0 Å². The van der Waals surface area contributed by atoms with Gasteiger partial charge in [-0.2, -0.15) is 4.31 Å². The van der Waals surface area contributed by atoms with Crippen LogP contribution in [0.2, 0.25) is 0 Å². The Balaban J connectivity index is 1.08. The number of nitrogens with one attached hydrogen (secondary N) is 1. The molecule has 0 aliphatic carbocycles. The third kappa shape index (κ3) is 5.35. The van der Waals surface area contributed by atoms with Crippen LogP contribution in [0.5, 0.6) is 0 Å². The number of hydrogen-bond donors (Lipinski definition) is 1. The summed E-state index contributed by atoms with van der Waals surface area (Å²) in [7, 11) is -3.46. The van der Waals surface area contributed by atoms with Crippen LogP contribution in [-0.2, 0) is 10.0 Å². The van der Waals surface area contributed by atoms with Gasteiger partial charge < -0.3 is 10.2 Å². The molecule has 0 atom stereocenters. The van der Waals surface area contributed by atoms with Gasteiger partial charge in [0.05, 0.1) is 15.1 Å². The predicted octanol–water partition coefficient (Wildman–Crippen LogP) is 2.94. The molecule has 0 radical (unpaired) electrons. The second-order valence-corrected chi connectivity index (χ2v) is 12.1. The quantitative estimate of drug-likeness (QED) is 0.523. The zero-order chi connectivity index (χ0) is 24.4. The highest BCUT2D eigenvalue weighted by atomic mass is 32.2. The van der Waals surface area contributed by atoms with Crippen molar-refractivity contribution in [3.05, 3.63) is 53.6 Å². The minimum Gasteiger partial charge on any atom is -0.351 e. The highest BCUT2D eigenvalue weighted by Gasteiger charge is 2.27. The van der Waals surface area contributed by atoms with Gasteiger partial charge in [0, 0.05) is 57.9 Å². The Kier molecular flexibility index (Phi) is 7.06. The molecule has 186 valence electrons. The van der Waals surface area contributed by atoms with Crippen LogP contribution in [0.1, 0.15) is 28.8 Å². The lowest BCUT2D eigenvalue weighted by Gasteiger charge is -2.34. The van der Waals surface area contributed by atoms with Gasteiger partial charge in [-0.25, -0.2) is 13.4 Å². The van der Waals surface area contributed by atoms with Gasteiger partial charge in [0.1, 0.15) is 0 Å². The Morgan fingerprint density at radius 3 is 2.43 bits per heavy atom. The fourth-order valence-electron chi connectivity index (χ4n) is 4.60. The van der Waals surface area contributed by atoms with Crippen LogP contribution < -0.4 is 10.2 Å². The van der Waals surface area contributed by atoms with E-state index >= 15 is 0 Å². The number of benzene rings is 2. The molecule has 1 amide bonds. The number of sulfonamides is 1. The van der Waals surface area contributed by atoms with Gasteiger partial charge in [-0.3, -0.25) is 9.69 Å². The molecule has 1 aromatic heterocycles. The molecule has 10 heteroatoms. The molecular formula is C25H31N5O3S2. The van der Waals surface area contributed by atoms with Gasteiger partial charge in [0.2, 0.25) is 10.0 Å². The molecule has 1 N–H and O–H groups in total. The first-order chi connectivity index (χ1) is 16.9. The van der Waals surface area contributed by atoms with Crippen molar-refractivity contribution in [1.29, 1.82) is 0 Å². The molecule has 2 aromatic carbocycles. The molecule has 3 heterocycles. The van der Waals surface area contributed by atoms with E-state index in [4.69, 9.17) is 4.98 Å². The van der Waals surface area contributed by atoms with Crippen LogP contribution in [0.4, 0.5) is 5.13 Å². The number of thiazole rings is 1. The lowest BCUT2D eigenvalue weighted by atomic mass is 10.2. The van der Waals surface area contributed by atoms with Crippen LogP contribution in [-0.4, -0.2) is 80.9 Å². The summed E-state index contributed by atoms with van der Waals surface area (Å²) in [6, 6.07) is 12.6. The topological polar surface area (TPSA) is 85.9 Å². The first kappa shape index (κ1) is 24.2. The summed E-state index contributed by atoms with van der Waals surface area (Å²) in [6.45, 7) is 8.25. The monoisotopic (exact) mass is 513 g/mol. The largest absolute Gasteiger partial charge is 0.351 e. The van der Waals surface area contributed by atoms with E-state index in [-0.39, 0.29) is 10.8 Å². The number of fused-ring (bicyclic) bond motifs is 1. The number of anilines is 1. The molecule has 8 nitrogen and oxygen atoms in total. The van der Waals surface area contributed by atoms with Crippen molar-refractivity contribution in [2.75, 3.05) is 57.3 Å². The van der Waals surface area contributed by atoms with E-state index in [9.17, 15) is 13.2 Å². The van der Waals surface area contributed by atoms with Gasteiger partial charge in [0.25, 0.3) is 5.91 Å². The number of aryl methyl sites for hydroxylation is 1. The summed E-state index contributed by atoms with van der Waals surface area (Å²) in [5.41, 5.74) is 2.78. The lowest BCUT2D eigenvalue weighted by molar-refractivity contribution is 0.0947. The Hall–Kier alpha value is -2.53. The van der Waals surface area contributed by atoms with Crippen molar-refractivity contribution in [1.82, 2.24) is 19.5 Å². The van der Waals surface area contributed by atoms with Gasteiger partial charge in [-0.05, 0) is 61.7 Å². The maximum Gasteiger partial charge on any atom is 0.251 e. The molecule has 2 fully saturated rings. The van der Waals surface area contributed by atoms with Crippen molar-refractivity contribution in [3.63, 3.8) is 0 Å². The van der Waals surface area contributed by atoms with Crippen LogP contribution in [0.25, 0.3) is 10.2 Å². The minimum absolute atomic E-state index is 0.182. The van der Waals surface area contributed by atoms with Crippen LogP contribution in [0.15, 0.2) is 47.4 Å². The van der Waals surface area contributed by atoms with Crippen LogP contribution in [0, 0.1) is 6.92 Å². The molecule has 0 unspecified atom stereocenters. The second-order valence-electron chi connectivity index (χ2n) is 9.19. The van der Waals surface area contributed by atoms with E-state index in [1.807, 2.05) is 0 Å². The maximum atomic E-state index is 12.6. The van der Waals surface area contributed by atoms with Crippen molar-refractivity contribution < 1.29 is 13.2 Å². The Bertz CT molecular complexity index is 1290. The third-order valence-electron chi connectivity index (χ3n) is 6.71. The van der Waals surface area contributed by atoms with Crippen LogP contribution >= 0.6 is 11.3 Å². The van der Waals surface area contributed by atoms with Crippen molar-refractivity contribution in [3.8, 4) is 0 Å². The summed E-state index contributed by atoms with van der Waals surface area (Å²) < 4.78 is 28.0. The highest BCUT2D eigenvalue weighted by molar-refractivity contribution is 7.89. The van der Waals surface area contributed by atoms with Gasteiger partial charge in [-0.1, -0.05) is 17.4 Å². The van der Waals surface area contributed by atoms with Crippen molar-refractivity contribution >= 4 is 42.6 Å². The van der Waals surface area contributed by atoms with E-state index in [0.717, 1.165) is 56.2 Å². The first-order valence-electron chi connectivity index (χ1n) is 12.1. The number of carbonyl (C=O) groups excluding carboxylic acids is 1. The summed E-state index contributed by atoms with van der Waals surface area (Å²) >= 11 is 1.75. The zero-order valence-corrected chi connectivity index (χ0v) is 21.6. The molecule has 3 aromatic rings. The van der Waals surface area contributed by atoms with Crippen molar-refractivity contribution in [2.45, 2.75) is 24.7 Å². The number of aromatic nitrogens is 1. The molecule has 0 bridgehead atoms. The van der Waals surface area contributed by atoms with Crippen molar-refractivity contribution in [2.24, 2.45) is 0 Å². The molecule has 5 rings (SSSR count). The fourth-order valence-corrected chi connectivity index (χ4v) is 7.24. The molecular weight excluding hydrogens is 482 g/mol. The average Bonchev–Trinajstić information content (AvgIpc) is 3.55. The van der Waals surface area contributed by atoms with Gasteiger partial charge in [0.15, 0.2) is 5.13 Å². The molecule has 35 heavy (non-hydrogen) atoms. The summed E-state index contributed by atoms with van der Waals surface area (Å²) in [5, 5.41) is 4.04. The molecule has 0 saturated carbocycles. The Morgan fingerprint density at radius 1 is 1.00 bits per heavy atom. The zero-order valence-electron chi connectivity index (χ0n) is 19.9. The summed E-state index contributed by atoms with van der Waals surface area (Å²) in [6.07, 6.45) is 1.80. The van der Waals surface area contributed by atoms with Crippen LogP contribution in [0.3, 0.4) is 0 Å². The SMILES string of the molecule is Cc1ccc2nc(N3CCN(CCNC(=O)c4ccc(S(=O)(=O)N5CCCC5)cc4)CC3)sc2c1. The lowest BCUT2D eigenvalue weighted by Crippen LogP contribution is -2.48. The van der Waals surface area contributed by atoms with Gasteiger partial charge >= 0.3 is 0 Å². The van der Waals surface area contributed by atoms with E-state index in [1.165, 1.54) is 26.7 Å². The predicted molar refractivity (Wildman–Crippen MR) is 140 cm³/mol. The number of rotatable bonds is 7. The minimum atomic E-state index is -3.46.